The average Bonchev–Trinajstić information content (AvgIpc) is 2.81. The number of nitrogens with zero attached hydrogens (tertiary/aromatic N) is 2. The summed E-state index contributed by atoms with van der Waals surface area (Å²) in [7, 11) is -3.48. The summed E-state index contributed by atoms with van der Waals surface area (Å²) in [6, 6.07) is 0. The van der Waals surface area contributed by atoms with Crippen molar-refractivity contribution in [2.45, 2.75) is 44.7 Å². The number of hydrogen-bond donors (Lipinski definition) is 2. The molecule has 2 heterocycles. The van der Waals surface area contributed by atoms with E-state index in [-0.39, 0.29) is 5.03 Å². The molecule has 114 valence electrons. The Labute approximate surface area is 121 Å². The summed E-state index contributed by atoms with van der Waals surface area (Å²) in [5.74, 6) is 1.17. The van der Waals surface area contributed by atoms with Gasteiger partial charge in [-0.3, -0.25) is 0 Å². The minimum Gasteiger partial charge on any atom is -0.334 e. The van der Waals surface area contributed by atoms with Crippen LogP contribution in [0.15, 0.2) is 11.2 Å². The third-order valence-corrected chi connectivity index (χ3v) is 5.01. The van der Waals surface area contributed by atoms with Gasteiger partial charge in [0.25, 0.3) is 10.0 Å². The molecular formula is C13H24N4O2S. The number of rotatable bonds is 6. The van der Waals surface area contributed by atoms with Crippen LogP contribution in [-0.4, -0.2) is 37.6 Å². The molecule has 1 aromatic rings. The lowest BCUT2D eigenvalue weighted by atomic mass is 9.99. The lowest BCUT2D eigenvalue weighted by molar-refractivity contribution is 0.372. The molecule has 2 rings (SSSR count). The van der Waals surface area contributed by atoms with E-state index < -0.39 is 10.0 Å². The Hall–Kier alpha value is -0.920. The highest BCUT2D eigenvalue weighted by Crippen LogP contribution is 2.13. The molecule has 20 heavy (non-hydrogen) atoms. The molecule has 0 bridgehead atoms. The zero-order valence-corrected chi connectivity index (χ0v) is 13.0. The average molecular weight is 300 g/mol. The fraction of sp³-hybridized carbons (Fsp3) is 0.769. The highest BCUT2D eigenvalue weighted by Gasteiger charge is 2.21. The van der Waals surface area contributed by atoms with Crippen LogP contribution >= 0.6 is 0 Å². The van der Waals surface area contributed by atoms with Gasteiger partial charge >= 0.3 is 0 Å². The standard InChI is InChI=1S/C13H24N4O2S/c1-3-8-17-10-13(16-11(17)2)20(18,19)15-9-12-4-6-14-7-5-12/h10,12,14-15H,3-9H2,1-2H3. The Morgan fingerprint density at radius 1 is 1.45 bits per heavy atom. The second-order valence-corrected chi connectivity index (χ2v) is 7.08. The van der Waals surface area contributed by atoms with E-state index in [0.717, 1.165) is 44.7 Å². The molecule has 1 aliphatic rings. The van der Waals surface area contributed by atoms with Gasteiger partial charge in [-0.15, -0.1) is 0 Å². The molecule has 1 aliphatic heterocycles. The zero-order chi connectivity index (χ0) is 14.6. The first-order chi connectivity index (χ1) is 9.53. The Morgan fingerprint density at radius 2 is 2.15 bits per heavy atom. The van der Waals surface area contributed by atoms with Crippen molar-refractivity contribution >= 4 is 10.0 Å². The zero-order valence-electron chi connectivity index (χ0n) is 12.2. The summed E-state index contributed by atoms with van der Waals surface area (Å²) < 4.78 is 29.1. The fourth-order valence-electron chi connectivity index (χ4n) is 2.46. The molecule has 0 unspecified atom stereocenters. The van der Waals surface area contributed by atoms with E-state index in [0.29, 0.717) is 12.5 Å². The Balaban J connectivity index is 2.00. The van der Waals surface area contributed by atoms with E-state index in [9.17, 15) is 8.42 Å². The summed E-state index contributed by atoms with van der Waals surface area (Å²) >= 11 is 0. The van der Waals surface area contributed by atoms with Crippen molar-refractivity contribution in [2.24, 2.45) is 5.92 Å². The predicted octanol–water partition coefficient (Wildman–Crippen LogP) is 0.879. The van der Waals surface area contributed by atoms with Gasteiger partial charge in [0.2, 0.25) is 0 Å². The molecule has 6 nitrogen and oxygen atoms in total. The van der Waals surface area contributed by atoms with Gasteiger partial charge in [0, 0.05) is 19.3 Å². The Kier molecular flexibility index (Phi) is 5.17. The van der Waals surface area contributed by atoms with Crippen LogP contribution in [0.1, 0.15) is 32.0 Å². The number of aromatic nitrogens is 2. The van der Waals surface area contributed by atoms with Gasteiger partial charge in [-0.25, -0.2) is 18.1 Å². The van der Waals surface area contributed by atoms with E-state index in [1.54, 1.807) is 6.20 Å². The molecule has 1 fully saturated rings. The minimum atomic E-state index is -3.48. The lowest BCUT2D eigenvalue weighted by Crippen LogP contribution is -2.36. The van der Waals surface area contributed by atoms with Crippen LogP contribution in [0.3, 0.4) is 0 Å². The highest BCUT2D eigenvalue weighted by molar-refractivity contribution is 7.89. The molecule has 0 aromatic carbocycles. The maximum atomic E-state index is 12.2. The van der Waals surface area contributed by atoms with Gasteiger partial charge in [-0.1, -0.05) is 6.92 Å². The molecule has 2 N–H and O–H groups in total. The maximum Gasteiger partial charge on any atom is 0.259 e. The SMILES string of the molecule is CCCn1cc(S(=O)(=O)NCC2CCNCC2)nc1C. The number of piperidine rings is 1. The van der Waals surface area contributed by atoms with Gasteiger partial charge in [0.1, 0.15) is 5.82 Å². The molecule has 0 aliphatic carbocycles. The maximum absolute atomic E-state index is 12.2. The van der Waals surface area contributed by atoms with Crippen LogP contribution in [0.25, 0.3) is 0 Å². The number of hydrogen-bond acceptors (Lipinski definition) is 4. The van der Waals surface area contributed by atoms with Crippen LogP contribution in [0.4, 0.5) is 0 Å². The summed E-state index contributed by atoms with van der Waals surface area (Å²) in [4.78, 5) is 4.16. The molecule has 1 saturated heterocycles. The third-order valence-electron chi connectivity index (χ3n) is 3.71. The van der Waals surface area contributed by atoms with Gasteiger partial charge in [-0.05, 0) is 45.2 Å². The smallest absolute Gasteiger partial charge is 0.259 e. The molecule has 0 spiro atoms. The van der Waals surface area contributed by atoms with Crippen molar-refractivity contribution in [3.05, 3.63) is 12.0 Å². The second kappa shape index (κ2) is 6.69. The summed E-state index contributed by atoms with van der Waals surface area (Å²) in [5.41, 5.74) is 0. The first kappa shape index (κ1) is 15.5. The van der Waals surface area contributed by atoms with E-state index in [4.69, 9.17) is 0 Å². The Morgan fingerprint density at radius 3 is 2.80 bits per heavy atom. The van der Waals surface area contributed by atoms with Crippen LogP contribution in [0.5, 0.6) is 0 Å². The first-order valence-electron chi connectivity index (χ1n) is 7.27. The van der Waals surface area contributed by atoms with E-state index >= 15 is 0 Å². The highest BCUT2D eigenvalue weighted by atomic mass is 32.2. The van der Waals surface area contributed by atoms with Crippen LogP contribution in [0.2, 0.25) is 0 Å². The molecule has 0 radical (unpaired) electrons. The first-order valence-corrected chi connectivity index (χ1v) is 8.75. The fourth-order valence-corrected chi connectivity index (χ4v) is 3.58. The van der Waals surface area contributed by atoms with Gasteiger partial charge in [0.15, 0.2) is 5.03 Å². The molecule has 0 atom stereocenters. The van der Waals surface area contributed by atoms with Crippen molar-refractivity contribution in [3.8, 4) is 0 Å². The van der Waals surface area contributed by atoms with Gasteiger partial charge in [-0.2, -0.15) is 0 Å². The van der Waals surface area contributed by atoms with Gasteiger partial charge in [0.05, 0.1) is 0 Å². The molecule has 7 heteroatoms. The summed E-state index contributed by atoms with van der Waals surface area (Å²) in [6.45, 7) is 7.13. The van der Waals surface area contributed by atoms with Crippen molar-refractivity contribution in [2.75, 3.05) is 19.6 Å². The minimum absolute atomic E-state index is 0.136. The third kappa shape index (κ3) is 3.80. The van der Waals surface area contributed by atoms with Gasteiger partial charge < -0.3 is 9.88 Å². The topological polar surface area (TPSA) is 76.0 Å². The normalized spacial score (nSPS) is 17.5. The quantitative estimate of drug-likeness (QED) is 0.818. The van der Waals surface area contributed by atoms with E-state index in [1.807, 2.05) is 11.5 Å². The molecular weight excluding hydrogens is 276 g/mol. The van der Waals surface area contributed by atoms with Crippen LogP contribution in [0, 0.1) is 12.8 Å². The number of aryl methyl sites for hydroxylation is 2. The predicted molar refractivity (Wildman–Crippen MR) is 78.0 cm³/mol. The molecule has 1 aromatic heterocycles. The van der Waals surface area contributed by atoms with Crippen molar-refractivity contribution < 1.29 is 8.42 Å². The lowest BCUT2D eigenvalue weighted by Gasteiger charge is -2.22. The Bertz CT molecular complexity index is 533. The van der Waals surface area contributed by atoms with Crippen molar-refractivity contribution in [1.82, 2.24) is 19.6 Å². The number of imidazole rings is 1. The summed E-state index contributed by atoms with van der Waals surface area (Å²) in [5, 5.41) is 3.41. The van der Waals surface area contributed by atoms with Crippen molar-refractivity contribution in [1.29, 1.82) is 0 Å². The monoisotopic (exact) mass is 300 g/mol. The van der Waals surface area contributed by atoms with Crippen LogP contribution < -0.4 is 10.0 Å². The molecule has 0 amide bonds. The number of nitrogens with one attached hydrogen (secondary N) is 2. The second-order valence-electron chi connectivity index (χ2n) is 5.37. The largest absolute Gasteiger partial charge is 0.334 e. The number of sulfonamides is 1. The van der Waals surface area contributed by atoms with Crippen molar-refractivity contribution in [3.63, 3.8) is 0 Å². The molecule has 0 saturated carbocycles. The summed E-state index contributed by atoms with van der Waals surface area (Å²) in [6.07, 6.45) is 4.63. The van der Waals surface area contributed by atoms with E-state index in [2.05, 4.69) is 21.9 Å². The van der Waals surface area contributed by atoms with E-state index in [1.165, 1.54) is 0 Å². The van der Waals surface area contributed by atoms with Crippen LogP contribution in [-0.2, 0) is 16.6 Å².